The van der Waals surface area contributed by atoms with Gasteiger partial charge in [0.1, 0.15) is 28.2 Å². The molecule has 0 aliphatic carbocycles. The minimum absolute atomic E-state index is 0.0400. The zero-order valence-electron chi connectivity index (χ0n) is 18.4. The first kappa shape index (κ1) is 24.8. The normalized spacial score (nSPS) is 11.1. The van der Waals surface area contributed by atoms with E-state index in [2.05, 4.69) is 5.32 Å². The number of carboxylic acids is 1. The van der Waals surface area contributed by atoms with Crippen LogP contribution in [0.4, 0.5) is 5.00 Å². The van der Waals surface area contributed by atoms with Crippen molar-refractivity contribution in [3.63, 3.8) is 0 Å². The first-order chi connectivity index (χ1) is 16.2. The van der Waals surface area contributed by atoms with Gasteiger partial charge < -0.3 is 19.6 Å². The summed E-state index contributed by atoms with van der Waals surface area (Å²) in [7, 11) is 0. The Labute approximate surface area is 204 Å². The predicted molar refractivity (Wildman–Crippen MR) is 128 cm³/mol. The number of ether oxygens (including phenoxy) is 1. The Bertz CT molecular complexity index is 1360. The molecule has 0 fully saturated rings. The number of carbonyl (C=O) groups excluding carboxylic acids is 2. The number of hydrogen-bond acceptors (Lipinski definition) is 7. The third-order valence-corrected chi connectivity index (χ3v) is 6.29. The standard InChI is InChI=1S/C24H19ClN2O6S/c1-4-32-24(31)20-12(2)13(3)34-22(20)27-21(28)15(11-26)9-16-6-8-19(33-16)14-5-7-17(23(29)30)18(25)10-14/h5-10H,4H2,1-3H3,(H,27,28)(H,29,30)/b15-9+. The number of rotatable bonds is 7. The van der Waals surface area contributed by atoms with E-state index in [1.165, 1.54) is 35.6 Å². The maximum Gasteiger partial charge on any atom is 0.341 e. The molecule has 8 nitrogen and oxygen atoms in total. The predicted octanol–water partition coefficient (Wildman–Crippen LogP) is 5.70. The number of nitrogens with zero attached hydrogens (tertiary/aromatic N) is 1. The number of benzene rings is 1. The third kappa shape index (κ3) is 5.20. The number of nitrogens with one attached hydrogen (secondary N) is 1. The largest absolute Gasteiger partial charge is 0.478 e. The summed E-state index contributed by atoms with van der Waals surface area (Å²) in [5.74, 6) is -1.81. The van der Waals surface area contributed by atoms with Gasteiger partial charge in [-0.25, -0.2) is 9.59 Å². The summed E-state index contributed by atoms with van der Waals surface area (Å²) in [4.78, 5) is 37.1. The fourth-order valence-electron chi connectivity index (χ4n) is 3.05. The lowest BCUT2D eigenvalue weighted by Crippen LogP contribution is -2.16. The molecule has 2 heterocycles. The van der Waals surface area contributed by atoms with Crippen LogP contribution in [-0.2, 0) is 9.53 Å². The molecule has 1 amide bonds. The summed E-state index contributed by atoms with van der Waals surface area (Å²) in [6.07, 6.45) is 1.27. The number of esters is 1. The number of nitriles is 1. The highest BCUT2D eigenvalue weighted by molar-refractivity contribution is 7.16. The lowest BCUT2D eigenvalue weighted by atomic mass is 10.1. The van der Waals surface area contributed by atoms with Crippen molar-refractivity contribution >= 4 is 51.9 Å². The van der Waals surface area contributed by atoms with Gasteiger partial charge in [0.25, 0.3) is 5.91 Å². The maximum atomic E-state index is 12.8. The number of aryl methyl sites for hydroxylation is 1. The molecule has 34 heavy (non-hydrogen) atoms. The van der Waals surface area contributed by atoms with Crippen molar-refractivity contribution in [1.29, 1.82) is 5.26 Å². The minimum Gasteiger partial charge on any atom is -0.478 e. The van der Waals surface area contributed by atoms with E-state index < -0.39 is 17.8 Å². The molecular weight excluding hydrogens is 480 g/mol. The van der Waals surface area contributed by atoms with Crippen LogP contribution in [0.2, 0.25) is 5.02 Å². The molecule has 174 valence electrons. The molecule has 3 rings (SSSR count). The van der Waals surface area contributed by atoms with E-state index in [0.717, 1.165) is 4.88 Å². The molecular formula is C24H19ClN2O6S. The number of furan rings is 1. The number of anilines is 1. The second-order valence-electron chi connectivity index (χ2n) is 7.03. The molecule has 0 saturated carbocycles. The van der Waals surface area contributed by atoms with Crippen LogP contribution in [0.5, 0.6) is 0 Å². The summed E-state index contributed by atoms with van der Waals surface area (Å²) >= 11 is 7.23. The molecule has 0 bridgehead atoms. The molecule has 0 aliphatic rings. The lowest BCUT2D eigenvalue weighted by Gasteiger charge is -2.06. The fourth-order valence-corrected chi connectivity index (χ4v) is 4.36. The van der Waals surface area contributed by atoms with E-state index in [4.69, 9.17) is 25.9 Å². The van der Waals surface area contributed by atoms with E-state index in [0.29, 0.717) is 21.9 Å². The second-order valence-corrected chi connectivity index (χ2v) is 8.67. The van der Waals surface area contributed by atoms with Crippen molar-refractivity contribution in [2.75, 3.05) is 11.9 Å². The van der Waals surface area contributed by atoms with E-state index in [9.17, 15) is 19.6 Å². The number of carboxylic acid groups (broad SMARTS) is 1. The van der Waals surface area contributed by atoms with Crippen LogP contribution >= 0.6 is 22.9 Å². The summed E-state index contributed by atoms with van der Waals surface area (Å²) < 4.78 is 10.8. The van der Waals surface area contributed by atoms with Crippen LogP contribution < -0.4 is 5.32 Å². The van der Waals surface area contributed by atoms with Gasteiger partial charge in [-0.1, -0.05) is 17.7 Å². The Morgan fingerprint density at radius 2 is 2.00 bits per heavy atom. The monoisotopic (exact) mass is 498 g/mol. The van der Waals surface area contributed by atoms with Crippen LogP contribution in [0.25, 0.3) is 17.4 Å². The van der Waals surface area contributed by atoms with Crippen molar-refractivity contribution in [1.82, 2.24) is 0 Å². The first-order valence-corrected chi connectivity index (χ1v) is 11.2. The van der Waals surface area contributed by atoms with Gasteiger partial charge in [0, 0.05) is 16.5 Å². The number of carbonyl (C=O) groups is 3. The lowest BCUT2D eigenvalue weighted by molar-refractivity contribution is -0.112. The van der Waals surface area contributed by atoms with Gasteiger partial charge in [0.15, 0.2) is 0 Å². The molecule has 0 aliphatic heterocycles. The number of halogens is 1. The highest BCUT2D eigenvalue weighted by Crippen LogP contribution is 2.33. The summed E-state index contributed by atoms with van der Waals surface area (Å²) in [5.41, 5.74) is 1.21. The van der Waals surface area contributed by atoms with E-state index in [-0.39, 0.29) is 34.1 Å². The molecule has 0 radical (unpaired) electrons. The molecule has 10 heteroatoms. The quantitative estimate of drug-likeness (QED) is 0.243. The number of aromatic carboxylic acids is 1. The smallest absolute Gasteiger partial charge is 0.341 e. The van der Waals surface area contributed by atoms with Gasteiger partial charge in [0.2, 0.25) is 0 Å². The average molecular weight is 499 g/mol. The van der Waals surface area contributed by atoms with Crippen molar-refractivity contribution < 1.29 is 28.6 Å². The van der Waals surface area contributed by atoms with E-state index in [1.54, 1.807) is 26.0 Å². The van der Waals surface area contributed by atoms with Crippen LogP contribution in [0.15, 0.2) is 40.3 Å². The highest BCUT2D eigenvalue weighted by atomic mass is 35.5. The molecule has 0 saturated heterocycles. The van der Waals surface area contributed by atoms with Gasteiger partial charge in [-0.05, 0) is 50.6 Å². The molecule has 0 atom stereocenters. The molecule has 3 aromatic rings. The molecule has 0 spiro atoms. The Balaban J connectivity index is 1.85. The Morgan fingerprint density at radius 1 is 1.26 bits per heavy atom. The van der Waals surface area contributed by atoms with Gasteiger partial charge >= 0.3 is 11.9 Å². The third-order valence-electron chi connectivity index (χ3n) is 4.85. The summed E-state index contributed by atoms with van der Waals surface area (Å²) in [5, 5.41) is 21.6. The number of thiophene rings is 1. The molecule has 2 aromatic heterocycles. The van der Waals surface area contributed by atoms with Crippen LogP contribution in [0.3, 0.4) is 0 Å². The molecule has 1 aromatic carbocycles. The van der Waals surface area contributed by atoms with E-state index >= 15 is 0 Å². The van der Waals surface area contributed by atoms with Crippen LogP contribution in [-0.4, -0.2) is 29.6 Å². The fraction of sp³-hybridized carbons (Fsp3) is 0.167. The Kier molecular flexibility index (Phi) is 7.56. The Hall–Kier alpha value is -3.87. The highest BCUT2D eigenvalue weighted by Gasteiger charge is 2.23. The number of hydrogen-bond donors (Lipinski definition) is 2. The number of amides is 1. The zero-order chi connectivity index (χ0) is 25.0. The topological polar surface area (TPSA) is 130 Å². The van der Waals surface area contributed by atoms with Gasteiger partial charge in [-0.15, -0.1) is 11.3 Å². The van der Waals surface area contributed by atoms with Crippen molar-refractivity contribution in [3.05, 3.63) is 68.3 Å². The van der Waals surface area contributed by atoms with E-state index in [1.807, 2.05) is 13.0 Å². The Morgan fingerprint density at radius 3 is 2.62 bits per heavy atom. The summed E-state index contributed by atoms with van der Waals surface area (Å²) in [6.45, 7) is 5.45. The van der Waals surface area contributed by atoms with Crippen molar-refractivity contribution in [3.8, 4) is 17.4 Å². The van der Waals surface area contributed by atoms with Crippen LogP contribution in [0.1, 0.15) is 43.8 Å². The van der Waals surface area contributed by atoms with Crippen molar-refractivity contribution in [2.24, 2.45) is 0 Å². The van der Waals surface area contributed by atoms with Gasteiger partial charge in [-0.2, -0.15) is 5.26 Å². The molecule has 2 N–H and O–H groups in total. The zero-order valence-corrected chi connectivity index (χ0v) is 20.0. The minimum atomic E-state index is -1.15. The van der Waals surface area contributed by atoms with Gasteiger partial charge in [-0.3, -0.25) is 4.79 Å². The maximum absolute atomic E-state index is 12.8. The van der Waals surface area contributed by atoms with Crippen molar-refractivity contribution in [2.45, 2.75) is 20.8 Å². The van der Waals surface area contributed by atoms with Crippen LogP contribution in [0, 0.1) is 25.2 Å². The van der Waals surface area contributed by atoms with Gasteiger partial charge in [0.05, 0.1) is 22.8 Å². The molecule has 0 unspecified atom stereocenters. The SMILES string of the molecule is CCOC(=O)c1c(NC(=O)/C(C#N)=C/c2ccc(-c3ccc(C(=O)O)c(Cl)c3)o2)sc(C)c1C. The second kappa shape index (κ2) is 10.4. The summed E-state index contributed by atoms with van der Waals surface area (Å²) in [6, 6.07) is 9.35. The average Bonchev–Trinajstić information content (AvgIpc) is 3.36. The first-order valence-electron chi connectivity index (χ1n) is 9.99.